The van der Waals surface area contributed by atoms with Crippen LogP contribution in [0.15, 0.2) is 30.6 Å². The fourth-order valence-electron chi connectivity index (χ4n) is 1.56. The number of rotatable bonds is 2. The van der Waals surface area contributed by atoms with Gasteiger partial charge in [0.1, 0.15) is 17.8 Å². The van der Waals surface area contributed by atoms with Gasteiger partial charge in [-0.25, -0.2) is 14.4 Å². The van der Waals surface area contributed by atoms with Gasteiger partial charge in [-0.05, 0) is 29.5 Å². The third-order valence-corrected chi connectivity index (χ3v) is 2.75. The summed E-state index contributed by atoms with van der Waals surface area (Å²) in [5.74, 6) is -0.116. The van der Waals surface area contributed by atoms with Crippen molar-refractivity contribution < 1.29 is 4.39 Å². The van der Waals surface area contributed by atoms with Gasteiger partial charge in [-0.1, -0.05) is 11.6 Å². The van der Waals surface area contributed by atoms with Crippen LogP contribution in [0.25, 0.3) is 22.8 Å². The number of aromatic amines is 1. The van der Waals surface area contributed by atoms with Crippen LogP contribution in [0, 0.1) is 5.82 Å². The van der Waals surface area contributed by atoms with Crippen molar-refractivity contribution in [1.82, 2.24) is 30.6 Å². The highest BCUT2D eigenvalue weighted by Crippen LogP contribution is 2.24. The second-order valence-electron chi connectivity index (χ2n) is 3.65. The van der Waals surface area contributed by atoms with Crippen LogP contribution in [0.1, 0.15) is 0 Å². The first-order valence-electron chi connectivity index (χ1n) is 5.25. The van der Waals surface area contributed by atoms with Crippen LogP contribution in [-0.2, 0) is 0 Å². The molecule has 1 aromatic carbocycles. The number of benzene rings is 1. The molecule has 19 heavy (non-hydrogen) atoms. The predicted molar refractivity (Wildman–Crippen MR) is 65.6 cm³/mol. The van der Waals surface area contributed by atoms with Gasteiger partial charge in [-0.3, -0.25) is 0 Å². The Hall–Kier alpha value is -2.41. The first-order chi connectivity index (χ1) is 9.24. The standard InChI is InChI=1S/C11H6ClFN6/c12-7-3-6(1-2-8(7)13)9-4-10(15-5-14-9)11-16-18-19-17-11/h1-5H,(H,16,17,18,19). The Bertz CT molecular complexity index is 715. The van der Waals surface area contributed by atoms with Crippen molar-refractivity contribution in [2.24, 2.45) is 0 Å². The second-order valence-corrected chi connectivity index (χ2v) is 4.06. The Labute approximate surface area is 111 Å². The minimum atomic E-state index is -0.474. The number of tetrazole rings is 1. The molecule has 0 amide bonds. The molecule has 0 saturated carbocycles. The summed E-state index contributed by atoms with van der Waals surface area (Å²) in [5.41, 5.74) is 1.79. The summed E-state index contributed by atoms with van der Waals surface area (Å²) < 4.78 is 13.1. The lowest BCUT2D eigenvalue weighted by Crippen LogP contribution is -1.91. The molecule has 0 bridgehead atoms. The molecule has 0 radical (unpaired) electrons. The van der Waals surface area contributed by atoms with Gasteiger partial charge in [0.2, 0.25) is 5.82 Å². The van der Waals surface area contributed by atoms with E-state index in [2.05, 4.69) is 30.6 Å². The molecule has 1 N–H and O–H groups in total. The lowest BCUT2D eigenvalue weighted by atomic mass is 10.1. The molecular formula is C11H6ClFN6. The number of aromatic nitrogens is 6. The van der Waals surface area contributed by atoms with Crippen molar-refractivity contribution in [3.63, 3.8) is 0 Å². The molecule has 3 rings (SSSR count). The Morgan fingerprint density at radius 1 is 1.11 bits per heavy atom. The van der Waals surface area contributed by atoms with Gasteiger partial charge in [0.25, 0.3) is 0 Å². The lowest BCUT2D eigenvalue weighted by Gasteiger charge is -2.02. The van der Waals surface area contributed by atoms with Gasteiger partial charge < -0.3 is 0 Å². The van der Waals surface area contributed by atoms with Gasteiger partial charge in [-0.15, -0.1) is 10.2 Å². The largest absolute Gasteiger partial charge is 0.236 e. The topological polar surface area (TPSA) is 80.2 Å². The third-order valence-electron chi connectivity index (χ3n) is 2.46. The van der Waals surface area contributed by atoms with Gasteiger partial charge in [0.05, 0.1) is 10.7 Å². The van der Waals surface area contributed by atoms with E-state index in [1.165, 1.54) is 18.5 Å². The summed E-state index contributed by atoms with van der Waals surface area (Å²) in [5, 5.41) is 13.5. The van der Waals surface area contributed by atoms with E-state index in [9.17, 15) is 4.39 Å². The molecule has 0 atom stereocenters. The Kier molecular flexibility index (Phi) is 2.88. The molecule has 3 aromatic rings. The number of hydrogen-bond acceptors (Lipinski definition) is 5. The van der Waals surface area contributed by atoms with E-state index in [1.807, 2.05) is 0 Å². The normalized spacial score (nSPS) is 10.6. The van der Waals surface area contributed by atoms with E-state index in [0.29, 0.717) is 22.8 Å². The van der Waals surface area contributed by atoms with Crippen molar-refractivity contribution in [3.05, 3.63) is 41.4 Å². The van der Waals surface area contributed by atoms with E-state index in [1.54, 1.807) is 12.1 Å². The summed E-state index contributed by atoms with van der Waals surface area (Å²) >= 11 is 5.74. The molecule has 0 saturated heterocycles. The molecule has 0 aliphatic rings. The molecular weight excluding hydrogens is 271 g/mol. The fraction of sp³-hybridized carbons (Fsp3) is 0. The predicted octanol–water partition coefficient (Wildman–Crippen LogP) is 2.12. The number of hydrogen-bond donors (Lipinski definition) is 1. The molecule has 0 aliphatic heterocycles. The second kappa shape index (κ2) is 4.69. The molecule has 0 unspecified atom stereocenters. The Balaban J connectivity index is 2.06. The number of halogens is 2. The molecule has 6 nitrogen and oxygen atoms in total. The zero-order valence-electron chi connectivity index (χ0n) is 9.38. The zero-order valence-corrected chi connectivity index (χ0v) is 10.1. The van der Waals surface area contributed by atoms with Gasteiger partial charge >= 0.3 is 0 Å². The van der Waals surface area contributed by atoms with E-state index in [-0.39, 0.29) is 5.02 Å². The quantitative estimate of drug-likeness (QED) is 0.775. The van der Waals surface area contributed by atoms with Crippen molar-refractivity contribution >= 4 is 11.6 Å². The maximum atomic E-state index is 13.1. The number of nitrogens with zero attached hydrogens (tertiary/aromatic N) is 5. The van der Waals surface area contributed by atoms with E-state index >= 15 is 0 Å². The summed E-state index contributed by atoms with van der Waals surface area (Å²) in [6, 6.07) is 6.05. The first-order valence-corrected chi connectivity index (χ1v) is 5.63. The molecule has 2 heterocycles. The summed E-state index contributed by atoms with van der Waals surface area (Å²) in [4.78, 5) is 8.16. The van der Waals surface area contributed by atoms with Crippen LogP contribution in [0.2, 0.25) is 5.02 Å². The van der Waals surface area contributed by atoms with Crippen molar-refractivity contribution in [3.8, 4) is 22.8 Å². The average molecular weight is 277 g/mol. The van der Waals surface area contributed by atoms with Gasteiger partial charge in [0.15, 0.2) is 0 Å². The monoisotopic (exact) mass is 276 g/mol. The smallest absolute Gasteiger partial charge is 0.223 e. The molecule has 0 fully saturated rings. The van der Waals surface area contributed by atoms with Crippen LogP contribution in [-0.4, -0.2) is 30.6 Å². The van der Waals surface area contributed by atoms with E-state index in [4.69, 9.17) is 11.6 Å². The van der Waals surface area contributed by atoms with Crippen LogP contribution >= 0.6 is 11.6 Å². The van der Waals surface area contributed by atoms with Crippen molar-refractivity contribution in [2.45, 2.75) is 0 Å². The van der Waals surface area contributed by atoms with Gasteiger partial charge in [0, 0.05) is 5.56 Å². The maximum Gasteiger partial charge on any atom is 0.223 e. The Morgan fingerprint density at radius 2 is 1.95 bits per heavy atom. The summed E-state index contributed by atoms with van der Waals surface area (Å²) in [6.07, 6.45) is 1.37. The lowest BCUT2D eigenvalue weighted by molar-refractivity contribution is 0.628. The molecule has 8 heteroatoms. The molecule has 94 valence electrons. The van der Waals surface area contributed by atoms with Crippen LogP contribution < -0.4 is 0 Å². The number of nitrogens with one attached hydrogen (secondary N) is 1. The van der Waals surface area contributed by atoms with E-state index in [0.717, 1.165) is 0 Å². The average Bonchev–Trinajstić information content (AvgIpc) is 2.96. The highest BCUT2D eigenvalue weighted by atomic mass is 35.5. The van der Waals surface area contributed by atoms with Crippen LogP contribution in [0.5, 0.6) is 0 Å². The van der Waals surface area contributed by atoms with Crippen LogP contribution in [0.4, 0.5) is 4.39 Å². The molecule has 0 spiro atoms. The molecule has 0 aliphatic carbocycles. The highest BCUT2D eigenvalue weighted by molar-refractivity contribution is 6.31. The molecule has 2 aromatic heterocycles. The van der Waals surface area contributed by atoms with Gasteiger partial charge in [-0.2, -0.15) is 5.21 Å². The minimum Gasteiger partial charge on any atom is -0.236 e. The maximum absolute atomic E-state index is 13.1. The fourth-order valence-corrected chi connectivity index (χ4v) is 1.74. The van der Waals surface area contributed by atoms with Crippen LogP contribution in [0.3, 0.4) is 0 Å². The Morgan fingerprint density at radius 3 is 2.68 bits per heavy atom. The number of H-pyrrole nitrogens is 1. The minimum absolute atomic E-state index is 0.0391. The van der Waals surface area contributed by atoms with Crippen molar-refractivity contribution in [1.29, 1.82) is 0 Å². The summed E-state index contributed by atoms with van der Waals surface area (Å²) in [7, 11) is 0. The highest BCUT2D eigenvalue weighted by Gasteiger charge is 2.09. The zero-order chi connectivity index (χ0) is 13.2. The van der Waals surface area contributed by atoms with Crippen molar-refractivity contribution in [2.75, 3.05) is 0 Å². The first kappa shape index (κ1) is 11.7. The third kappa shape index (κ3) is 2.27. The summed E-state index contributed by atoms with van der Waals surface area (Å²) in [6.45, 7) is 0. The van der Waals surface area contributed by atoms with E-state index < -0.39 is 5.82 Å². The SMILES string of the molecule is Fc1ccc(-c2cc(-c3nn[nH]n3)ncn2)cc1Cl.